The molecule has 0 spiro atoms. The summed E-state index contributed by atoms with van der Waals surface area (Å²) in [6.07, 6.45) is 7.09. The topological polar surface area (TPSA) is 63.8 Å². The number of hydrogen-bond donors (Lipinski definition) is 2. The smallest absolute Gasteiger partial charge is 0.139 e. The summed E-state index contributed by atoms with van der Waals surface area (Å²) in [6.45, 7) is 3.25. The van der Waals surface area contributed by atoms with E-state index in [0.29, 0.717) is 4.99 Å². The van der Waals surface area contributed by atoms with E-state index in [1.165, 1.54) is 25.6 Å². The highest BCUT2D eigenvalue weighted by molar-refractivity contribution is 7.80. The van der Waals surface area contributed by atoms with Gasteiger partial charge in [-0.05, 0) is 24.7 Å². The predicted molar refractivity (Wildman–Crippen MR) is 72.9 cm³/mol. The van der Waals surface area contributed by atoms with Gasteiger partial charge in [0.15, 0.2) is 0 Å². The first-order valence-electron chi connectivity index (χ1n) is 6.00. The fraction of sp³-hybridized carbons (Fsp3) is 0.583. The van der Waals surface area contributed by atoms with Crippen molar-refractivity contribution < 1.29 is 0 Å². The zero-order valence-corrected chi connectivity index (χ0v) is 10.8. The minimum atomic E-state index is 0.341. The molecule has 0 amide bonds. The standard InChI is InChI=1S/C12H18N4S/c1-8-2-3-9(4-8)5-15-12-10(11(13)17)6-14-7-16-12/h6-9H,2-5H2,1H3,(H2,13,17)(H,14,15,16). The molecule has 0 aliphatic heterocycles. The summed E-state index contributed by atoms with van der Waals surface area (Å²) in [5.74, 6) is 2.34. The molecular weight excluding hydrogens is 232 g/mol. The fourth-order valence-electron chi connectivity index (χ4n) is 2.40. The summed E-state index contributed by atoms with van der Waals surface area (Å²) in [5, 5.41) is 3.34. The van der Waals surface area contributed by atoms with E-state index in [-0.39, 0.29) is 0 Å². The summed E-state index contributed by atoms with van der Waals surface area (Å²) < 4.78 is 0. The van der Waals surface area contributed by atoms with E-state index in [2.05, 4.69) is 22.2 Å². The van der Waals surface area contributed by atoms with Gasteiger partial charge in [-0.1, -0.05) is 25.6 Å². The van der Waals surface area contributed by atoms with Crippen LogP contribution < -0.4 is 11.1 Å². The third-order valence-corrected chi connectivity index (χ3v) is 3.56. The summed E-state index contributed by atoms with van der Waals surface area (Å²) >= 11 is 4.98. The number of anilines is 1. The zero-order valence-electron chi connectivity index (χ0n) is 10.0. The summed E-state index contributed by atoms with van der Waals surface area (Å²) in [4.78, 5) is 8.47. The molecule has 1 aliphatic rings. The van der Waals surface area contributed by atoms with E-state index in [9.17, 15) is 0 Å². The molecule has 1 saturated carbocycles. The van der Waals surface area contributed by atoms with Crippen molar-refractivity contribution in [1.29, 1.82) is 0 Å². The van der Waals surface area contributed by atoms with Crippen LogP contribution in [0.15, 0.2) is 12.5 Å². The molecule has 1 aromatic heterocycles. The van der Waals surface area contributed by atoms with Gasteiger partial charge in [0.25, 0.3) is 0 Å². The van der Waals surface area contributed by atoms with Gasteiger partial charge < -0.3 is 11.1 Å². The predicted octanol–water partition coefficient (Wildman–Crippen LogP) is 1.96. The van der Waals surface area contributed by atoms with Crippen LogP contribution >= 0.6 is 12.2 Å². The lowest BCUT2D eigenvalue weighted by molar-refractivity contribution is 0.536. The third-order valence-electron chi connectivity index (χ3n) is 3.34. The average molecular weight is 250 g/mol. The van der Waals surface area contributed by atoms with Crippen molar-refractivity contribution >= 4 is 23.0 Å². The lowest BCUT2D eigenvalue weighted by Crippen LogP contribution is -2.18. The minimum Gasteiger partial charge on any atom is -0.389 e. The molecule has 2 unspecified atom stereocenters. The molecule has 1 aromatic rings. The molecule has 0 aromatic carbocycles. The first-order chi connectivity index (χ1) is 8.16. The van der Waals surface area contributed by atoms with Crippen LogP contribution in [0.1, 0.15) is 31.7 Å². The van der Waals surface area contributed by atoms with Crippen LogP contribution in [-0.2, 0) is 0 Å². The molecule has 2 atom stereocenters. The number of hydrogen-bond acceptors (Lipinski definition) is 4. The Morgan fingerprint density at radius 2 is 2.41 bits per heavy atom. The van der Waals surface area contributed by atoms with E-state index in [4.69, 9.17) is 18.0 Å². The van der Waals surface area contributed by atoms with Gasteiger partial charge in [-0.15, -0.1) is 0 Å². The van der Waals surface area contributed by atoms with Gasteiger partial charge in [0.2, 0.25) is 0 Å². The average Bonchev–Trinajstić information content (AvgIpc) is 2.73. The second-order valence-electron chi connectivity index (χ2n) is 4.81. The number of aromatic nitrogens is 2. The molecule has 1 aliphatic carbocycles. The number of thiocarbonyl (C=S) groups is 1. The van der Waals surface area contributed by atoms with Crippen molar-refractivity contribution in [3.05, 3.63) is 18.1 Å². The van der Waals surface area contributed by atoms with Crippen molar-refractivity contribution in [2.45, 2.75) is 26.2 Å². The Balaban J connectivity index is 1.97. The molecule has 1 heterocycles. The van der Waals surface area contributed by atoms with Crippen LogP contribution in [0.4, 0.5) is 5.82 Å². The Morgan fingerprint density at radius 3 is 3.06 bits per heavy atom. The van der Waals surface area contributed by atoms with Gasteiger partial charge in [0, 0.05) is 12.7 Å². The van der Waals surface area contributed by atoms with Gasteiger partial charge in [-0.3, -0.25) is 0 Å². The van der Waals surface area contributed by atoms with Crippen molar-refractivity contribution in [1.82, 2.24) is 9.97 Å². The Kier molecular flexibility index (Phi) is 3.89. The molecule has 3 N–H and O–H groups in total. The first-order valence-corrected chi connectivity index (χ1v) is 6.41. The van der Waals surface area contributed by atoms with Crippen molar-refractivity contribution in [2.75, 3.05) is 11.9 Å². The molecule has 0 bridgehead atoms. The monoisotopic (exact) mass is 250 g/mol. The second kappa shape index (κ2) is 5.40. The lowest BCUT2D eigenvalue weighted by atomic mass is 10.1. The van der Waals surface area contributed by atoms with E-state index < -0.39 is 0 Å². The minimum absolute atomic E-state index is 0.341. The largest absolute Gasteiger partial charge is 0.389 e. The molecule has 5 heteroatoms. The molecule has 0 radical (unpaired) electrons. The van der Waals surface area contributed by atoms with Crippen LogP contribution in [-0.4, -0.2) is 21.5 Å². The molecule has 4 nitrogen and oxygen atoms in total. The molecule has 0 saturated heterocycles. The molecular formula is C12H18N4S. The van der Waals surface area contributed by atoms with Gasteiger partial charge in [0.05, 0.1) is 5.56 Å². The maximum atomic E-state index is 5.63. The van der Waals surface area contributed by atoms with Crippen LogP contribution in [0.25, 0.3) is 0 Å². The highest BCUT2D eigenvalue weighted by Gasteiger charge is 2.21. The van der Waals surface area contributed by atoms with E-state index >= 15 is 0 Å². The summed E-state index contributed by atoms with van der Waals surface area (Å²) in [7, 11) is 0. The number of nitrogens with two attached hydrogens (primary N) is 1. The Morgan fingerprint density at radius 1 is 1.59 bits per heavy atom. The molecule has 92 valence electrons. The summed E-state index contributed by atoms with van der Waals surface area (Å²) in [5.41, 5.74) is 6.36. The van der Waals surface area contributed by atoms with Crippen LogP contribution in [0.3, 0.4) is 0 Å². The van der Waals surface area contributed by atoms with E-state index in [0.717, 1.165) is 29.8 Å². The van der Waals surface area contributed by atoms with Gasteiger partial charge in [-0.25, -0.2) is 9.97 Å². The van der Waals surface area contributed by atoms with Crippen LogP contribution in [0, 0.1) is 11.8 Å². The quantitative estimate of drug-likeness (QED) is 0.800. The van der Waals surface area contributed by atoms with E-state index in [1.54, 1.807) is 6.20 Å². The third kappa shape index (κ3) is 3.12. The maximum absolute atomic E-state index is 5.63. The zero-order chi connectivity index (χ0) is 12.3. The second-order valence-corrected chi connectivity index (χ2v) is 5.25. The Hall–Kier alpha value is -1.23. The summed E-state index contributed by atoms with van der Waals surface area (Å²) in [6, 6.07) is 0. The van der Waals surface area contributed by atoms with Crippen molar-refractivity contribution in [3.63, 3.8) is 0 Å². The highest BCUT2D eigenvalue weighted by Crippen LogP contribution is 2.30. The van der Waals surface area contributed by atoms with E-state index in [1.807, 2.05) is 0 Å². The number of rotatable bonds is 4. The van der Waals surface area contributed by atoms with Crippen LogP contribution in [0.5, 0.6) is 0 Å². The number of nitrogens with zero attached hydrogens (tertiary/aromatic N) is 2. The lowest BCUT2D eigenvalue weighted by Gasteiger charge is -2.13. The van der Waals surface area contributed by atoms with Crippen molar-refractivity contribution in [2.24, 2.45) is 17.6 Å². The number of nitrogens with one attached hydrogen (secondary N) is 1. The first kappa shape index (κ1) is 12.2. The van der Waals surface area contributed by atoms with Gasteiger partial charge >= 0.3 is 0 Å². The normalized spacial score (nSPS) is 23.6. The van der Waals surface area contributed by atoms with Gasteiger partial charge in [-0.2, -0.15) is 0 Å². The molecule has 17 heavy (non-hydrogen) atoms. The molecule has 1 fully saturated rings. The van der Waals surface area contributed by atoms with Crippen molar-refractivity contribution in [3.8, 4) is 0 Å². The maximum Gasteiger partial charge on any atom is 0.139 e. The SMILES string of the molecule is CC1CCC(CNc2ncncc2C(N)=S)C1. The highest BCUT2D eigenvalue weighted by atomic mass is 32.1. The Labute approximate surface area is 107 Å². The van der Waals surface area contributed by atoms with Crippen LogP contribution in [0.2, 0.25) is 0 Å². The van der Waals surface area contributed by atoms with Gasteiger partial charge in [0.1, 0.15) is 17.1 Å². The Bertz CT molecular complexity index is 407. The molecule has 2 rings (SSSR count). The fourth-order valence-corrected chi connectivity index (χ4v) is 2.55.